The van der Waals surface area contributed by atoms with Gasteiger partial charge in [0.2, 0.25) is 5.91 Å². The maximum atomic E-state index is 10.8. The third-order valence-electron chi connectivity index (χ3n) is 2.18. The third kappa shape index (κ3) is 2.57. The molecule has 1 aromatic rings. The van der Waals surface area contributed by atoms with Crippen LogP contribution in [0.25, 0.3) is 0 Å². The van der Waals surface area contributed by atoms with E-state index < -0.39 is 11.9 Å². The van der Waals surface area contributed by atoms with Gasteiger partial charge in [0, 0.05) is 0 Å². The van der Waals surface area contributed by atoms with Gasteiger partial charge in [-0.2, -0.15) is 0 Å². The van der Waals surface area contributed by atoms with Crippen molar-refractivity contribution < 1.29 is 4.79 Å². The average molecular weight is 192 g/mol. The zero-order valence-corrected chi connectivity index (χ0v) is 8.36. The van der Waals surface area contributed by atoms with E-state index in [0.29, 0.717) is 0 Å². The molecule has 0 saturated heterocycles. The fourth-order valence-electron chi connectivity index (χ4n) is 1.34. The monoisotopic (exact) mass is 192 g/mol. The van der Waals surface area contributed by atoms with E-state index in [4.69, 9.17) is 11.5 Å². The minimum absolute atomic E-state index is 0.492. The topological polar surface area (TPSA) is 69.1 Å². The number of rotatable bonds is 4. The van der Waals surface area contributed by atoms with E-state index >= 15 is 0 Å². The van der Waals surface area contributed by atoms with Crippen molar-refractivity contribution in [2.45, 2.75) is 25.8 Å². The number of amides is 1. The number of benzene rings is 1. The quantitative estimate of drug-likeness (QED) is 0.750. The molecule has 1 aromatic carbocycles. The smallest absolute Gasteiger partial charge is 0.238 e. The van der Waals surface area contributed by atoms with Crippen LogP contribution in [0.2, 0.25) is 0 Å². The van der Waals surface area contributed by atoms with Crippen LogP contribution in [0.15, 0.2) is 24.3 Å². The van der Waals surface area contributed by atoms with E-state index in [1.54, 1.807) is 0 Å². The maximum Gasteiger partial charge on any atom is 0.238 e. The van der Waals surface area contributed by atoms with Gasteiger partial charge < -0.3 is 11.5 Å². The molecule has 0 aliphatic rings. The van der Waals surface area contributed by atoms with Crippen LogP contribution in [-0.4, -0.2) is 5.91 Å². The van der Waals surface area contributed by atoms with Crippen LogP contribution < -0.4 is 11.5 Å². The van der Waals surface area contributed by atoms with Gasteiger partial charge in [-0.05, 0) is 17.5 Å². The molecule has 1 rings (SSSR count). The Hall–Kier alpha value is -1.35. The Kier molecular flexibility index (Phi) is 3.65. The molecule has 0 radical (unpaired) electrons. The van der Waals surface area contributed by atoms with Gasteiger partial charge in [-0.3, -0.25) is 4.79 Å². The van der Waals surface area contributed by atoms with Crippen LogP contribution in [-0.2, 0) is 11.2 Å². The Labute approximate surface area is 84.1 Å². The number of aryl methyl sites for hydroxylation is 1. The van der Waals surface area contributed by atoms with Crippen molar-refractivity contribution in [2.75, 3.05) is 0 Å². The zero-order valence-electron chi connectivity index (χ0n) is 8.36. The van der Waals surface area contributed by atoms with Crippen molar-refractivity contribution in [1.29, 1.82) is 0 Å². The summed E-state index contributed by atoms with van der Waals surface area (Å²) in [5.41, 5.74) is 12.7. The number of nitrogens with two attached hydrogens (primary N) is 2. The minimum atomic E-state index is -0.689. The van der Waals surface area contributed by atoms with Crippen molar-refractivity contribution in [2.24, 2.45) is 11.5 Å². The highest BCUT2D eigenvalue weighted by molar-refractivity contribution is 5.81. The lowest BCUT2D eigenvalue weighted by molar-refractivity contribution is -0.119. The molecule has 0 fully saturated rings. The Bertz CT molecular complexity index is 306. The number of hydrogen-bond acceptors (Lipinski definition) is 2. The molecule has 4 N–H and O–H groups in total. The van der Waals surface area contributed by atoms with Gasteiger partial charge in [0.1, 0.15) is 6.04 Å². The lowest BCUT2D eigenvalue weighted by Gasteiger charge is -2.08. The van der Waals surface area contributed by atoms with Crippen molar-refractivity contribution in [3.8, 4) is 0 Å². The largest absolute Gasteiger partial charge is 0.368 e. The lowest BCUT2D eigenvalue weighted by Crippen LogP contribution is -2.28. The van der Waals surface area contributed by atoms with Gasteiger partial charge in [0.05, 0.1) is 0 Å². The number of carbonyl (C=O) groups excluding carboxylic acids is 1. The van der Waals surface area contributed by atoms with Crippen LogP contribution in [0.5, 0.6) is 0 Å². The first-order chi connectivity index (χ1) is 6.65. The second-order valence-corrected chi connectivity index (χ2v) is 3.37. The lowest BCUT2D eigenvalue weighted by atomic mass is 10.0. The maximum absolute atomic E-state index is 10.8. The first-order valence-corrected chi connectivity index (χ1v) is 4.79. The molecule has 0 spiro atoms. The van der Waals surface area contributed by atoms with Gasteiger partial charge in [-0.25, -0.2) is 0 Å². The Morgan fingerprint density at radius 1 is 1.36 bits per heavy atom. The molecule has 3 heteroatoms. The van der Waals surface area contributed by atoms with Crippen LogP contribution in [0.1, 0.15) is 30.5 Å². The zero-order chi connectivity index (χ0) is 10.6. The Balaban J connectivity index is 2.77. The molecule has 0 aliphatic heterocycles. The molecule has 0 heterocycles. The first kappa shape index (κ1) is 10.7. The first-order valence-electron chi connectivity index (χ1n) is 4.79. The van der Waals surface area contributed by atoms with Gasteiger partial charge in [0.15, 0.2) is 0 Å². The van der Waals surface area contributed by atoms with Crippen molar-refractivity contribution >= 4 is 5.91 Å². The SMILES string of the molecule is CCCc1ccc(C(N)C(N)=O)cc1. The van der Waals surface area contributed by atoms with Gasteiger partial charge in [-0.1, -0.05) is 37.6 Å². The van der Waals surface area contributed by atoms with Crippen LogP contribution >= 0.6 is 0 Å². The molecule has 3 nitrogen and oxygen atoms in total. The summed E-state index contributed by atoms with van der Waals surface area (Å²) in [7, 11) is 0. The summed E-state index contributed by atoms with van der Waals surface area (Å²) < 4.78 is 0. The van der Waals surface area contributed by atoms with Crippen molar-refractivity contribution in [3.63, 3.8) is 0 Å². The Morgan fingerprint density at radius 3 is 2.36 bits per heavy atom. The molecule has 0 aliphatic carbocycles. The van der Waals surface area contributed by atoms with Crippen molar-refractivity contribution in [3.05, 3.63) is 35.4 Å². The summed E-state index contributed by atoms with van der Waals surface area (Å²) in [6.07, 6.45) is 2.16. The Morgan fingerprint density at radius 2 is 1.93 bits per heavy atom. The van der Waals surface area contributed by atoms with E-state index in [0.717, 1.165) is 18.4 Å². The minimum Gasteiger partial charge on any atom is -0.368 e. The fourth-order valence-corrected chi connectivity index (χ4v) is 1.34. The molecule has 0 saturated carbocycles. The normalized spacial score (nSPS) is 12.4. The standard InChI is InChI=1S/C11H16N2O/c1-2-3-8-4-6-9(7-5-8)10(12)11(13)14/h4-7,10H,2-3,12H2,1H3,(H2,13,14). The molecular weight excluding hydrogens is 176 g/mol. The number of carbonyl (C=O) groups is 1. The molecule has 14 heavy (non-hydrogen) atoms. The summed E-state index contributed by atoms with van der Waals surface area (Å²) in [6, 6.07) is 7.01. The number of primary amides is 1. The van der Waals surface area contributed by atoms with E-state index in [9.17, 15) is 4.79 Å². The van der Waals surface area contributed by atoms with Crippen LogP contribution in [0.3, 0.4) is 0 Å². The summed E-state index contributed by atoms with van der Waals surface area (Å²) in [5.74, 6) is -0.492. The molecule has 1 amide bonds. The van der Waals surface area contributed by atoms with Gasteiger partial charge >= 0.3 is 0 Å². The molecule has 1 unspecified atom stereocenters. The van der Waals surface area contributed by atoms with Gasteiger partial charge in [0.25, 0.3) is 0 Å². The van der Waals surface area contributed by atoms with Crippen molar-refractivity contribution in [1.82, 2.24) is 0 Å². The summed E-state index contributed by atoms with van der Waals surface area (Å²) in [5, 5.41) is 0. The van der Waals surface area contributed by atoms with E-state index in [-0.39, 0.29) is 0 Å². The average Bonchev–Trinajstić information content (AvgIpc) is 2.18. The second-order valence-electron chi connectivity index (χ2n) is 3.37. The molecule has 76 valence electrons. The molecule has 0 bridgehead atoms. The predicted molar refractivity (Wildman–Crippen MR) is 56.6 cm³/mol. The van der Waals surface area contributed by atoms with Gasteiger partial charge in [-0.15, -0.1) is 0 Å². The predicted octanol–water partition coefficient (Wildman–Crippen LogP) is 1.12. The molecular formula is C11H16N2O. The van der Waals surface area contributed by atoms with E-state index in [1.165, 1.54) is 5.56 Å². The summed E-state index contributed by atoms with van der Waals surface area (Å²) >= 11 is 0. The molecule has 1 atom stereocenters. The van der Waals surface area contributed by atoms with Crippen LogP contribution in [0.4, 0.5) is 0 Å². The third-order valence-corrected chi connectivity index (χ3v) is 2.18. The highest BCUT2D eigenvalue weighted by Gasteiger charge is 2.10. The van der Waals surface area contributed by atoms with E-state index in [1.807, 2.05) is 24.3 Å². The number of hydrogen-bond donors (Lipinski definition) is 2. The highest BCUT2D eigenvalue weighted by Crippen LogP contribution is 2.12. The van der Waals surface area contributed by atoms with Crippen LogP contribution in [0, 0.1) is 0 Å². The summed E-state index contributed by atoms with van der Waals surface area (Å²) in [6.45, 7) is 2.13. The summed E-state index contributed by atoms with van der Waals surface area (Å²) in [4.78, 5) is 10.8. The van der Waals surface area contributed by atoms with E-state index in [2.05, 4.69) is 6.92 Å². The fraction of sp³-hybridized carbons (Fsp3) is 0.364. The second kappa shape index (κ2) is 4.77. The highest BCUT2D eigenvalue weighted by atomic mass is 16.1. The molecule has 0 aromatic heterocycles.